The highest BCUT2D eigenvalue weighted by atomic mass is 32.1. The molecule has 4 nitrogen and oxygen atoms in total. The van der Waals surface area contributed by atoms with Gasteiger partial charge in [0.2, 0.25) is 0 Å². The van der Waals surface area contributed by atoms with Gasteiger partial charge in [0.1, 0.15) is 0 Å². The van der Waals surface area contributed by atoms with Crippen molar-refractivity contribution < 1.29 is 0 Å². The first-order chi connectivity index (χ1) is 11.3. The van der Waals surface area contributed by atoms with Crippen molar-refractivity contribution in [2.75, 3.05) is 30.7 Å². The van der Waals surface area contributed by atoms with E-state index in [1.165, 1.54) is 29.7 Å². The van der Waals surface area contributed by atoms with Crippen LogP contribution in [0.25, 0.3) is 0 Å². The van der Waals surface area contributed by atoms with E-state index in [0.717, 1.165) is 37.6 Å². The van der Waals surface area contributed by atoms with Crippen molar-refractivity contribution in [3.63, 3.8) is 0 Å². The lowest BCUT2D eigenvalue weighted by atomic mass is 10.00. The molecule has 1 fully saturated rings. The predicted octanol–water partition coefficient (Wildman–Crippen LogP) is 3.36. The molecule has 0 saturated carbocycles. The zero-order valence-corrected chi connectivity index (χ0v) is 14.2. The number of hydrogen-bond acceptors (Lipinski definition) is 4. The quantitative estimate of drug-likeness (QED) is 0.539. The molecule has 2 heterocycles. The van der Waals surface area contributed by atoms with Crippen LogP contribution in [0.3, 0.4) is 0 Å². The van der Waals surface area contributed by atoms with Crippen LogP contribution in [0, 0.1) is 0 Å². The molecule has 0 bridgehead atoms. The summed E-state index contributed by atoms with van der Waals surface area (Å²) in [7, 11) is 0. The summed E-state index contributed by atoms with van der Waals surface area (Å²) in [5.41, 5.74) is 9.12. The van der Waals surface area contributed by atoms with Gasteiger partial charge in [-0.05, 0) is 42.0 Å². The zero-order chi connectivity index (χ0) is 15.9. The number of nitrogens with one attached hydrogen (secondary N) is 2. The number of hydrogen-bond donors (Lipinski definition) is 3. The number of benzene rings is 1. The molecule has 1 aliphatic heterocycles. The first-order valence-electron chi connectivity index (χ1n) is 8.36. The smallest absolute Gasteiger partial charge is 0.0574 e. The minimum Gasteiger partial charge on any atom is -0.397 e. The molecule has 1 saturated heterocycles. The Bertz CT molecular complexity index is 605. The molecule has 0 aliphatic carbocycles. The van der Waals surface area contributed by atoms with Crippen LogP contribution >= 0.6 is 11.3 Å². The van der Waals surface area contributed by atoms with E-state index in [4.69, 9.17) is 11.1 Å². The van der Waals surface area contributed by atoms with E-state index in [-0.39, 0.29) is 0 Å². The van der Waals surface area contributed by atoms with Crippen molar-refractivity contribution in [1.29, 1.82) is 0 Å². The van der Waals surface area contributed by atoms with Crippen molar-refractivity contribution in [2.24, 2.45) is 0 Å². The van der Waals surface area contributed by atoms with Crippen molar-refractivity contribution in [2.45, 2.75) is 31.8 Å². The number of para-hydroxylation sites is 2. The first kappa shape index (κ1) is 16.3. The molecule has 1 aliphatic rings. The number of anilines is 2. The molecule has 23 heavy (non-hydrogen) atoms. The van der Waals surface area contributed by atoms with E-state index in [1.54, 1.807) is 0 Å². The third kappa shape index (κ3) is 4.70. The highest BCUT2D eigenvalue weighted by Gasteiger charge is 2.17. The number of piperidine rings is 1. The molecule has 1 atom stereocenters. The summed E-state index contributed by atoms with van der Waals surface area (Å²) < 4.78 is 0. The molecule has 0 amide bonds. The Morgan fingerprint density at radius 2 is 2.13 bits per heavy atom. The Morgan fingerprint density at radius 3 is 2.96 bits per heavy atom. The monoisotopic (exact) mass is 329 g/mol. The fraction of sp³-hybridized carbons (Fsp3) is 0.444. The molecule has 1 aromatic heterocycles. The highest BCUT2D eigenvalue weighted by Crippen LogP contribution is 2.28. The summed E-state index contributed by atoms with van der Waals surface area (Å²) >= 11 is 1.84. The van der Waals surface area contributed by atoms with Gasteiger partial charge in [-0.3, -0.25) is 0 Å². The molecule has 2 aromatic rings. The van der Waals surface area contributed by atoms with Crippen LogP contribution in [0.1, 0.15) is 35.7 Å². The minimum absolute atomic E-state index is 0.441. The van der Waals surface area contributed by atoms with Crippen LogP contribution in [0.5, 0.6) is 0 Å². The molecule has 1 unspecified atom stereocenters. The SMILES string of the molecule is Nc1ccccc1NCCNCc1cc(C2CCCC[N]2)cs1. The largest absolute Gasteiger partial charge is 0.397 e. The molecule has 1 aromatic carbocycles. The second kappa shape index (κ2) is 8.34. The van der Waals surface area contributed by atoms with E-state index in [2.05, 4.69) is 22.1 Å². The maximum atomic E-state index is 5.91. The number of nitrogens with two attached hydrogens (primary N) is 1. The molecular weight excluding hydrogens is 304 g/mol. The van der Waals surface area contributed by atoms with Crippen LogP contribution in [-0.4, -0.2) is 19.6 Å². The van der Waals surface area contributed by atoms with Crippen molar-refractivity contribution in [3.8, 4) is 0 Å². The Morgan fingerprint density at radius 1 is 1.22 bits per heavy atom. The van der Waals surface area contributed by atoms with Crippen LogP contribution in [0.2, 0.25) is 0 Å². The predicted molar refractivity (Wildman–Crippen MR) is 99.0 cm³/mol. The van der Waals surface area contributed by atoms with Gasteiger partial charge in [0.25, 0.3) is 0 Å². The minimum atomic E-state index is 0.441. The average molecular weight is 329 g/mol. The lowest BCUT2D eigenvalue weighted by Gasteiger charge is -2.20. The second-order valence-electron chi connectivity index (χ2n) is 5.95. The third-order valence-electron chi connectivity index (χ3n) is 4.17. The maximum Gasteiger partial charge on any atom is 0.0574 e. The lowest BCUT2D eigenvalue weighted by Crippen LogP contribution is -2.22. The summed E-state index contributed by atoms with van der Waals surface area (Å²) in [5.74, 6) is 0. The molecule has 0 spiro atoms. The molecule has 4 N–H and O–H groups in total. The Hall–Kier alpha value is -1.56. The highest BCUT2D eigenvalue weighted by molar-refractivity contribution is 7.10. The summed E-state index contributed by atoms with van der Waals surface area (Å²) in [4.78, 5) is 1.39. The molecule has 1 radical (unpaired) electrons. The summed E-state index contributed by atoms with van der Waals surface area (Å²) in [6, 6.07) is 10.6. The van der Waals surface area contributed by atoms with Crippen LogP contribution in [-0.2, 0) is 6.54 Å². The van der Waals surface area contributed by atoms with Gasteiger partial charge in [-0.15, -0.1) is 11.3 Å². The molecular formula is C18H25N4S. The standard InChI is InChI=1S/C18H25N4S/c19-16-5-1-2-7-18(16)22-10-9-20-12-15-11-14(13-23-15)17-6-3-4-8-21-17/h1-2,5,7,11,13,17,20,22H,3-4,6,8-10,12,19H2. The van der Waals surface area contributed by atoms with Crippen molar-refractivity contribution in [1.82, 2.24) is 10.6 Å². The van der Waals surface area contributed by atoms with Gasteiger partial charge in [-0.2, -0.15) is 0 Å². The average Bonchev–Trinajstić information content (AvgIpc) is 3.06. The molecule has 3 rings (SSSR count). The van der Waals surface area contributed by atoms with E-state index in [0.29, 0.717) is 6.04 Å². The van der Waals surface area contributed by atoms with E-state index in [9.17, 15) is 0 Å². The lowest BCUT2D eigenvalue weighted by molar-refractivity contribution is 0.404. The number of thiophene rings is 1. The molecule has 123 valence electrons. The van der Waals surface area contributed by atoms with Crippen LogP contribution in [0.4, 0.5) is 11.4 Å². The zero-order valence-electron chi connectivity index (χ0n) is 13.4. The number of nitrogen functional groups attached to an aromatic ring is 1. The summed E-state index contributed by atoms with van der Waals surface area (Å²) in [6.45, 7) is 3.73. The number of rotatable bonds is 7. The second-order valence-corrected chi connectivity index (χ2v) is 6.95. The van der Waals surface area contributed by atoms with Gasteiger partial charge in [0.05, 0.1) is 17.4 Å². The normalized spacial score (nSPS) is 18.0. The van der Waals surface area contributed by atoms with Gasteiger partial charge < -0.3 is 16.4 Å². The maximum absolute atomic E-state index is 5.91. The summed E-state index contributed by atoms with van der Waals surface area (Å²) in [5, 5.41) is 13.8. The van der Waals surface area contributed by atoms with Gasteiger partial charge in [-0.25, -0.2) is 5.32 Å². The fourth-order valence-electron chi connectivity index (χ4n) is 2.88. The molecule has 5 heteroatoms. The van der Waals surface area contributed by atoms with E-state index >= 15 is 0 Å². The first-order valence-corrected chi connectivity index (χ1v) is 9.24. The fourth-order valence-corrected chi connectivity index (χ4v) is 3.78. The van der Waals surface area contributed by atoms with Gasteiger partial charge in [-0.1, -0.05) is 18.6 Å². The Labute approximate surface area is 142 Å². The van der Waals surface area contributed by atoms with Crippen LogP contribution in [0.15, 0.2) is 35.7 Å². The Balaban J connectivity index is 1.37. The topological polar surface area (TPSA) is 64.2 Å². The number of nitrogens with zero attached hydrogens (tertiary/aromatic N) is 1. The van der Waals surface area contributed by atoms with Gasteiger partial charge in [0.15, 0.2) is 0 Å². The van der Waals surface area contributed by atoms with Crippen LogP contribution < -0.4 is 21.7 Å². The van der Waals surface area contributed by atoms with Gasteiger partial charge in [0, 0.05) is 31.1 Å². The van der Waals surface area contributed by atoms with E-state index in [1.807, 2.05) is 35.6 Å². The Kier molecular flexibility index (Phi) is 5.91. The third-order valence-corrected chi connectivity index (χ3v) is 5.13. The van der Waals surface area contributed by atoms with Crippen molar-refractivity contribution in [3.05, 3.63) is 46.2 Å². The van der Waals surface area contributed by atoms with E-state index < -0.39 is 0 Å². The summed E-state index contributed by atoms with van der Waals surface area (Å²) in [6.07, 6.45) is 3.78. The van der Waals surface area contributed by atoms with Crippen molar-refractivity contribution >= 4 is 22.7 Å². The van der Waals surface area contributed by atoms with Gasteiger partial charge >= 0.3 is 0 Å².